The zero-order valence-electron chi connectivity index (χ0n) is 13.6. The van der Waals surface area contributed by atoms with E-state index in [4.69, 9.17) is 0 Å². The standard InChI is InChI=1S/C17H25N5/c1-12(2)15(17-21-20-11-22(17)3)19-10-14-7-4-6-13-8-5-9-18-16(13)14/h4,6-7,11-12,15,18-19H,5,8-10H2,1-3H3. The summed E-state index contributed by atoms with van der Waals surface area (Å²) >= 11 is 0. The maximum Gasteiger partial charge on any atom is 0.149 e. The molecule has 0 saturated carbocycles. The Hall–Kier alpha value is -1.88. The lowest BCUT2D eigenvalue weighted by molar-refractivity contribution is 0.384. The quantitative estimate of drug-likeness (QED) is 0.891. The number of hydrogen-bond donors (Lipinski definition) is 2. The molecule has 1 aromatic carbocycles. The maximum absolute atomic E-state index is 4.27. The Labute approximate surface area is 132 Å². The van der Waals surface area contributed by atoms with Crippen molar-refractivity contribution < 1.29 is 0 Å². The highest BCUT2D eigenvalue weighted by atomic mass is 15.3. The van der Waals surface area contributed by atoms with E-state index in [0.29, 0.717) is 5.92 Å². The van der Waals surface area contributed by atoms with Crippen molar-refractivity contribution in [2.75, 3.05) is 11.9 Å². The minimum absolute atomic E-state index is 0.201. The fourth-order valence-electron chi connectivity index (χ4n) is 3.15. The van der Waals surface area contributed by atoms with E-state index >= 15 is 0 Å². The van der Waals surface area contributed by atoms with Crippen molar-refractivity contribution in [1.82, 2.24) is 20.1 Å². The molecule has 3 rings (SSSR count). The summed E-state index contributed by atoms with van der Waals surface area (Å²) in [5.41, 5.74) is 4.09. The van der Waals surface area contributed by atoms with Crippen molar-refractivity contribution in [3.05, 3.63) is 41.5 Å². The van der Waals surface area contributed by atoms with Gasteiger partial charge in [0, 0.05) is 25.8 Å². The number of anilines is 1. The Morgan fingerprint density at radius 2 is 2.23 bits per heavy atom. The molecule has 1 unspecified atom stereocenters. The lowest BCUT2D eigenvalue weighted by Crippen LogP contribution is -2.28. The number of rotatable bonds is 5. The number of para-hydroxylation sites is 1. The van der Waals surface area contributed by atoms with Gasteiger partial charge in [0.1, 0.15) is 12.2 Å². The summed E-state index contributed by atoms with van der Waals surface area (Å²) in [7, 11) is 2.00. The predicted molar refractivity (Wildman–Crippen MR) is 88.7 cm³/mol. The first-order chi connectivity index (χ1) is 10.7. The molecule has 1 aliphatic rings. The van der Waals surface area contributed by atoms with Crippen LogP contribution in [0.4, 0.5) is 5.69 Å². The minimum Gasteiger partial charge on any atom is -0.385 e. The van der Waals surface area contributed by atoms with Crippen LogP contribution >= 0.6 is 0 Å². The number of aromatic nitrogens is 3. The summed E-state index contributed by atoms with van der Waals surface area (Å²) in [5, 5.41) is 15.5. The highest BCUT2D eigenvalue weighted by Gasteiger charge is 2.21. The molecule has 1 atom stereocenters. The van der Waals surface area contributed by atoms with Gasteiger partial charge in [-0.15, -0.1) is 10.2 Å². The summed E-state index contributed by atoms with van der Waals surface area (Å²) in [6, 6.07) is 6.80. The van der Waals surface area contributed by atoms with Gasteiger partial charge in [0.15, 0.2) is 0 Å². The molecule has 0 fully saturated rings. The van der Waals surface area contributed by atoms with Gasteiger partial charge in [-0.1, -0.05) is 32.0 Å². The zero-order chi connectivity index (χ0) is 15.5. The first kappa shape index (κ1) is 15.0. The molecule has 1 aliphatic heterocycles. The van der Waals surface area contributed by atoms with Crippen LogP contribution in [0.1, 0.15) is 43.3 Å². The number of benzene rings is 1. The molecular weight excluding hydrogens is 274 g/mol. The molecule has 0 amide bonds. The predicted octanol–water partition coefficient (Wildman–Crippen LogP) is 2.66. The van der Waals surface area contributed by atoms with Crippen LogP contribution in [-0.2, 0) is 20.0 Å². The summed E-state index contributed by atoms with van der Waals surface area (Å²) in [6.45, 7) is 6.34. The molecule has 2 heterocycles. The van der Waals surface area contributed by atoms with Crippen LogP contribution in [0.5, 0.6) is 0 Å². The van der Waals surface area contributed by atoms with Crippen LogP contribution in [0.3, 0.4) is 0 Å². The molecule has 0 aliphatic carbocycles. The van der Waals surface area contributed by atoms with Crippen molar-refractivity contribution in [3.8, 4) is 0 Å². The third-order valence-electron chi connectivity index (χ3n) is 4.37. The van der Waals surface area contributed by atoms with Crippen molar-refractivity contribution in [1.29, 1.82) is 0 Å². The Kier molecular flexibility index (Phi) is 4.43. The number of hydrogen-bond acceptors (Lipinski definition) is 4. The lowest BCUT2D eigenvalue weighted by atomic mass is 9.98. The van der Waals surface area contributed by atoms with Gasteiger partial charge < -0.3 is 15.2 Å². The van der Waals surface area contributed by atoms with E-state index in [-0.39, 0.29) is 6.04 Å². The van der Waals surface area contributed by atoms with E-state index < -0.39 is 0 Å². The van der Waals surface area contributed by atoms with E-state index in [2.05, 4.69) is 52.9 Å². The van der Waals surface area contributed by atoms with Gasteiger partial charge in [-0.2, -0.15) is 0 Å². The molecule has 0 saturated heterocycles. The molecule has 2 aromatic rings. The van der Waals surface area contributed by atoms with Crippen molar-refractivity contribution in [2.45, 2.75) is 39.3 Å². The molecule has 0 spiro atoms. The van der Waals surface area contributed by atoms with Crippen molar-refractivity contribution in [2.24, 2.45) is 13.0 Å². The van der Waals surface area contributed by atoms with Crippen LogP contribution in [0.2, 0.25) is 0 Å². The van der Waals surface area contributed by atoms with Gasteiger partial charge in [0.25, 0.3) is 0 Å². The van der Waals surface area contributed by atoms with Crippen molar-refractivity contribution in [3.63, 3.8) is 0 Å². The monoisotopic (exact) mass is 299 g/mol. The van der Waals surface area contributed by atoms with Crippen molar-refractivity contribution >= 4 is 5.69 Å². The van der Waals surface area contributed by atoms with Crippen LogP contribution in [-0.4, -0.2) is 21.3 Å². The zero-order valence-corrected chi connectivity index (χ0v) is 13.6. The molecule has 5 nitrogen and oxygen atoms in total. The first-order valence-corrected chi connectivity index (χ1v) is 8.08. The molecule has 2 N–H and O–H groups in total. The maximum atomic E-state index is 4.27. The molecule has 22 heavy (non-hydrogen) atoms. The van der Waals surface area contributed by atoms with Crippen LogP contribution in [0.15, 0.2) is 24.5 Å². The summed E-state index contributed by atoms with van der Waals surface area (Å²) in [4.78, 5) is 0. The summed E-state index contributed by atoms with van der Waals surface area (Å²) < 4.78 is 2.00. The Balaban J connectivity index is 1.77. The lowest BCUT2D eigenvalue weighted by Gasteiger charge is -2.25. The Bertz CT molecular complexity index is 632. The van der Waals surface area contributed by atoms with Crippen LogP contribution in [0.25, 0.3) is 0 Å². The Morgan fingerprint density at radius 1 is 1.36 bits per heavy atom. The third kappa shape index (κ3) is 2.99. The van der Waals surface area contributed by atoms with Crippen LogP contribution < -0.4 is 10.6 Å². The molecule has 0 radical (unpaired) electrons. The second kappa shape index (κ2) is 6.48. The van der Waals surface area contributed by atoms with E-state index in [9.17, 15) is 0 Å². The third-order valence-corrected chi connectivity index (χ3v) is 4.37. The minimum atomic E-state index is 0.201. The highest BCUT2D eigenvalue weighted by Crippen LogP contribution is 2.27. The average molecular weight is 299 g/mol. The fourth-order valence-corrected chi connectivity index (χ4v) is 3.15. The average Bonchev–Trinajstić information content (AvgIpc) is 2.93. The molecular formula is C17H25N5. The van der Waals surface area contributed by atoms with Gasteiger partial charge in [0.05, 0.1) is 6.04 Å². The van der Waals surface area contributed by atoms with E-state index in [1.807, 2.05) is 11.6 Å². The first-order valence-electron chi connectivity index (χ1n) is 8.08. The number of aryl methyl sites for hydroxylation is 2. The SMILES string of the molecule is CC(C)C(NCc1cccc2c1NCCC2)c1nncn1C. The molecule has 118 valence electrons. The normalized spacial score (nSPS) is 15.5. The topological polar surface area (TPSA) is 54.8 Å². The summed E-state index contributed by atoms with van der Waals surface area (Å²) in [5.74, 6) is 1.45. The largest absolute Gasteiger partial charge is 0.385 e. The van der Waals surface area contributed by atoms with E-state index in [1.165, 1.54) is 29.7 Å². The van der Waals surface area contributed by atoms with E-state index in [1.54, 1.807) is 6.33 Å². The van der Waals surface area contributed by atoms with Gasteiger partial charge >= 0.3 is 0 Å². The Morgan fingerprint density at radius 3 is 2.95 bits per heavy atom. The molecule has 1 aromatic heterocycles. The van der Waals surface area contributed by atoms with Crippen LogP contribution in [0, 0.1) is 5.92 Å². The molecule has 5 heteroatoms. The van der Waals surface area contributed by atoms with Gasteiger partial charge in [-0.05, 0) is 29.9 Å². The summed E-state index contributed by atoms with van der Waals surface area (Å²) in [6.07, 6.45) is 4.16. The van der Waals surface area contributed by atoms with Gasteiger partial charge in [-0.3, -0.25) is 0 Å². The number of nitrogens with one attached hydrogen (secondary N) is 2. The number of fused-ring (bicyclic) bond motifs is 1. The highest BCUT2D eigenvalue weighted by molar-refractivity contribution is 5.59. The smallest absolute Gasteiger partial charge is 0.149 e. The molecule has 0 bridgehead atoms. The second-order valence-corrected chi connectivity index (χ2v) is 6.38. The fraction of sp³-hybridized carbons (Fsp3) is 0.529. The number of nitrogens with zero attached hydrogens (tertiary/aromatic N) is 3. The second-order valence-electron chi connectivity index (χ2n) is 6.38. The van der Waals surface area contributed by atoms with E-state index in [0.717, 1.165) is 18.9 Å². The van der Waals surface area contributed by atoms with Gasteiger partial charge in [0.2, 0.25) is 0 Å². The van der Waals surface area contributed by atoms with Gasteiger partial charge in [-0.25, -0.2) is 0 Å².